The van der Waals surface area contributed by atoms with Crippen LogP contribution in [0, 0.1) is 5.92 Å². The molecule has 2 heterocycles. The molecular weight excluding hydrogens is 162 g/mol. The van der Waals surface area contributed by atoms with Crippen LogP contribution >= 0.6 is 0 Å². The molecule has 1 aromatic rings. The molecule has 13 heavy (non-hydrogen) atoms. The standard InChI is InChI=1S/C10H17N3/c1-8-5-7-13(10(8,2)3)9-4-6-11-12-9/h4,6,8H,5,7H2,1-3H3,(H,11,12)/t8-/m0/s1. The van der Waals surface area contributed by atoms with E-state index in [0.717, 1.165) is 18.3 Å². The molecule has 1 aromatic heterocycles. The zero-order valence-electron chi connectivity index (χ0n) is 8.54. The van der Waals surface area contributed by atoms with Gasteiger partial charge in [0.2, 0.25) is 0 Å². The lowest BCUT2D eigenvalue weighted by atomic mass is 9.90. The van der Waals surface area contributed by atoms with Gasteiger partial charge in [0.25, 0.3) is 0 Å². The summed E-state index contributed by atoms with van der Waals surface area (Å²) in [5, 5.41) is 7.10. The average Bonchev–Trinajstić information content (AvgIpc) is 2.62. The predicted octanol–water partition coefficient (Wildman–Crippen LogP) is 2.03. The second-order valence-corrected chi connectivity index (χ2v) is 4.43. The van der Waals surface area contributed by atoms with Crippen molar-refractivity contribution in [1.82, 2.24) is 10.2 Å². The minimum absolute atomic E-state index is 0.245. The normalized spacial score (nSPS) is 26.7. The minimum Gasteiger partial charge on any atom is -0.350 e. The SMILES string of the molecule is C[C@H]1CCN(c2cc[nH]n2)C1(C)C. The molecule has 3 nitrogen and oxygen atoms in total. The Labute approximate surface area is 79.1 Å². The lowest BCUT2D eigenvalue weighted by Crippen LogP contribution is -2.42. The molecule has 1 N–H and O–H groups in total. The van der Waals surface area contributed by atoms with E-state index in [1.807, 2.05) is 12.3 Å². The number of nitrogens with zero attached hydrogens (tertiary/aromatic N) is 2. The number of H-pyrrole nitrogens is 1. The third-order valence-electron chi connectivity index (χ3n) is 3.45. The highest BCUT2D eigenvalue weighted by Crippen LogP contribution is 2.36. The smallest absolute Gasteiger partial charge is 0.150 e. The first-order valence-electron chi connectivity index (χ1n) is 4.90. The van der Waals surface area contributed by atoms with Gasteiger partial charge in [-0.25, -0.2) is 0 Å². The minimum atomic E-state index is 0.245. The van der Waals surface area contributed by atoms with Gasteiger partial charge in [0.15, 0.2) is 5.82 Å². The Morgan fingerprint density at radius 2 is 2.38 bits per heavy atom. The van der Waals surface area contributed by atoms with Crippen LogP contribution in [0.3, 0.4) is 0 Å². The van der Waals surface area contributed by atoms with Crippen molar-refractivity contribution in [3.05, 3.63) is 12.3 Å². The fraction of sp³-hybridized carbons (Fsp3) is 0.700. The van der Waals surface area contributed by atoms with Crippen LogP contribution < -0.4 is 4.90 Å². The maximum Gasteiger partial charge on any atom is 0.150 e. The van der Waals surface area contributed by atoms with Crippen molar-refractivity contribution in [3.8, 4) is 0 Å². The van der Waals surface area contributed by atoms with Crippen molar-refractivity contribution in [1.29, 1.82) is 0 Å². The Morgan fingerprint density at radius 1 is 1.62 bits per heavy atom. The third kappa shape index (κ3) is 1.23. The predicted molar refractivity (Wildman–Crippen MR) is 53.8 cm³/mol. The average molecular weight is 179 g/mol. The first-order valence-corrected chi connectivity index (χ1v) is 4.90. The molecule has 2 rings (SSSR count). The van der Waals surface area contributed by atoms with Gasteiger partial charge in [0, 0.05) is 24.3 Å². The molecule has 1 aliphatic rings. The van der Waals surface area contributed by atoms with Gasteiger partial charge in [-0.2, -0.15) is 5.10 Å². The highest BCUT2D eigenvalue weighted by atomic mass is 15.3. The number of nitrogens with one attached hydrogen (secondary N) is 1. The number of rotatable bonds is 1. The van der Waals surface area contributed by atoms with E-state index in [1.165, 1.54) is 6.42 Å². The maximum atomic E-state index is 4.23. The van der Waals surface area contributed by atoms with Crippen LogP contribution in [0.1, 0.15) is 27.2 Å². The van der Waals surface area contributed by atoms with Crippen molar-refractivity contribution in [2.24, 2.45) is 5.92 Å². The second kappa shape index (κ2) is 2.76. The van der Waals surface area contributed by atoms with Crippen molar-refractivity contribution in [2.75, 3.05) is 11.4 Å². The van der Waals surface area contributed by atoms with Crippen LogP contribution in [0.2, 0.25) is 0 Å². The van der Waals surface area contributed by atoms with Crippen LogP contribution in [-0.2, 0) is 0 Å². The van der Waals surface area contributed by atoms with Gasteiger partial charge >= 0.3 is 0 Å². The van der Waals surface area contributed by atoms with E-state index < -0.39 is 0 Å². The Kier molecular flexibility index (Phi) is 1.82. The second-order valence-electron chi connectivity index (χ2n) is 4.43. The zero-order chi connectivity index (χ0) is 9.47. The van der Waals surface area contributed by atoms with Crippen molar-refractivity contribution in [2.45, 2.75) is 32.7 Å². The quantitative estimate of drug-likeness (QED) is 0.715. The van der Waals surface area contributed by atoms with E-state index in [9.17, 15) is 0 Å². The molecular formula is C10H17N3. The summed E-state index contributed by atoms with van der Waals surface area (Å²) in [4.78, 5) is 2.38. The molecule has 0 radical (unpaired) electrons. The third-order valence-corrected chi connectivity index (χ3v) is 3.45. The van der Waals surface area contributed by atoms with Gasteiger partial charge in [0.05, 0.1) is 0 Å². The summed E-state index contributed by atoms with van der Waals surface area (Å²) < 4.78 is 0. The molecule has 1 saturated heterocycles. The molecule has 0 unspecified atom stereocenters. The summed E-state index contributed by atoms with van der Waals surface area (Å²) in [6.07, 6.45) is 3.15. The lowest BCUT2D eigenvalue weighted by molar-refractivity contribution is 0.392. The van der Waals surface area contributed by atoms with Gasteiger partial charge in [-0.3, -0.25) is 5.10 Å². The molecule has 72 valence electrons. The molecule has 0 saturated carbocycles. The van der Waals surface area contributed by atoms with Gasteiger partial charge in [-0.05, 0) is 26.2 Å². The molecule has 0 aliphatic carbocycles. The summed E-state index contributed by atoms with van der Waals surface area (Å²) in [7, 11) is 0. The lowest BCUT2D eigenvalue weighted by Gasteiger charge is -2.34. The molecule has 0 amide bonds. The van der Waals surface area contributed by atoms with Gasteiger partial charge in [-0.1, -0.05) is 6.92 Å². The molecule has 1 aliphatic heterocycles. The first-order chi connectivity index (χ1) is 6.12. The van der Waals surface area contributed by atoms with Crippen LogP contribution in [0.15, 0.2) is 12.3 Å². The first kappa shape index (κ1) is 8.60. The molecule has 3 heteroatoms. The molecule has 0 bridgehead atoms. The Bertz CT molecular complexity index is 276. The van der Waals surface area contributed by atoms with Crippen LogP contribution in [0.5, 0.6) is 0 Å². The summed E-state index contributed by atoms with van der Waals surface area (Å²) >= 11 is 0. The summed E-state index contributed by atoms with van der Waals surface area (Å²) in [5.41, 5.74) is 0.245. The van der Waals surface area contributed by atoms with E-state index in [2.05, 4.69) is 35.9 Å². The largest absolute Gasteiger partial charge is 0.350 e. The van der Waals surface area contributed by atoms with Crippen LogP contribution in [0.4, 0.5) is 5.82 Å². The van der Waals surface area contributed by atoms with E-state index in [0.29, 0.717) is 0 Å². The summed E-state index contributed by atoms with van der Waals surface area (Å²) in [6.45, 7) is 8.02. The maximum absolute atomic E-state index is 4.23. The Hall–Kier alpha value is -0.990. The zero-order valence-corrected chi connectivity index (χ0v) is 8.54. The Balaban J connectivity index is 2.27. The fourth-order valence-electron chi connectivity index (χ4n) is 2.04. The van der Waals surface area contributed by atoms with Crippen LogP contribution in [0.25, 0.3) is 0 Å². The summed E-state index contributed by atoms with van der Waals surface area (Å²) in [5.74, 6) is 1.82. The monoisotopic (exact) mass is 179 g/mol. The molecule has 0 aromatic carbocycles. The number of aromatic nitrogens is 2. The number of hydrogen-bond acceptors (Lipinski definition) is 2. The van der Waals surface area contributed by atoms with E-state index >= 15 is 0 Å². The van der Waals surface area contributed by atoms with Crippen LogP contribution in [-0.4, -0.2) is 22.3 Å². The van der Waals surface area contributed by atoms with Gasteiger partial charge in [0.1, 0.15) is 0 Å². The van der Waals surface area contributed by atoms with E-state index in [-0.39, 0.29) is 5.54 Å². The Morgan fingerprint density at radius 3 is 2.85 bits per heavy atom. The summed E-state index contributed by atoms with van der Waals surface area (Å²) in [6, 6.07) is 2.04. The molecule has 1 fully saturated rings. The molecule has 1 atom stereocenters. The number of hydrogen-bond donors (Lipinski definition) is 1. The van der Waals surface area contributed by atoms with E-state index in [1.54, 1.807) is 0 Å². The van der Waals surface area contributed by atoms with Crippen molar-refractivity contribution >= 4 is 5.82 Å². The van der Waals surface area contributed by atoms with Crippen molar-refractivity contribution < 1.29 is 0 Å². The van der Waals surface area contributed by atoms with Crippen molar-refractivity contribution in [3.63, 3.8) is 0 Å². The van der Waals surface area contributed by atoms with Gasteiger partial charge in [-0.15, -0.1) is 0 Å². The molecule has 0 spiro atoms. The van der Waals surface area contributed by atoms with E-state index in [4.69, 9.17) is 0 Å². The topological polar surface area (TPSA) is 31.9 Å². The highest BCUT2D eigenvalue weighted by molar-refractivity contribution is 5.42. The van der Waals surface area contributed by atoms with Gasteiger partial charge < -0.3 is 4.90 Å². The highest BCUT2D eigenvalue weighted by Gasteiger charge is 2.39. The number of aromatic amines is 1. The number of anilines is 1. The fourth-order valence-corrected chi connectivity index (χ4v) is 2.04.